The SMILES string of the molecule is CN[C@H]1[C@H]2[C@H]3CCN2C[C@@H]1O3. The number of nitrogens with one attached hydrogen (secondary N) is 1. The second kappa shape index (κ2) is 1.97. The van der Waals surface area contributed by atoms with Crippen LogP contribution in [-0.4, -0.2) is 49.3 Å². The minimum atomic E-state index is 0.484. The molecule has 3 fully saturated rings. The van der Waals surface area contributed by atoms with Gasteiger partial charge >= 0.3 is 0 Å². The molecule has 3 aliphatic heterocycles. The Morgan fingerprint density at radius 1 is 1.45 bits per heavy atom. The average Bonchev–Trinajstić information content (AvgIpc) is 2.55. The molecule has 3 rings (SSSR count). The number of morpholine rings is 1. The van der Waals surface area contributed by atoms with Crippen molar-refractivity contribution in [3.8, 4) is 0 Å². The lowest BCUT2D eigenvalue weighted by molar-refractivity contribution is 0.00833. The van der Waals surface area contributed by atoms with Gasteiger partial charge in [-0.2, -0.15) is 0 Å². The quantitative estimate of drug-likeness (QED) is 0.547. The molecule has 0 amide bonds. The molecule has 0 radical (unpaired) electrons. The normalized spacial score (nSPS) is 54.3. The van der Waals surface area contributed by atoms with E-state index in [2.05, 4.69) is 10.2 Å². The molecule has 3 aliphatic rings. The van der Waals surface area contributed by atoms with Gasteiger partial charge in [0.1, 0.15) is 0 Å². The first kappa shape index (κ1) is 6.40. The number of hydrogen-bond donors (Lipinski definition) is 1. The number of hydrogen-bond acceptors (Lipinski definition) is 3. The zero-order valence-corrected chi connectivity index (χ0v) is 6.79. The summed E-state index contributed by atoms with van der Waals surface area (Å²) in [6.45, 7) is 2.41. The van der Waals surface area contributed by atoms with Crippen molar-refractivity contribution in [3.05, 3.63) is 0 Å². The number of fused-ring (bicyclic) bond motifs is 1. The maximum Gasteiger partial charge on any atom is 0.0875 e. The Balaban J connectivity index is 1.93. The second-order valence-electron chi connectivity index (χ2n) is 3.80. The maximum absolute atomic E-state index is 5.85. The van der Waals surface area contributed by atoms with Crippen molar-refractivity contribution in [1.29, 1.82) is 0 Å². The van der Waals surface area contributed by atoms with Crippen molar-refractivity contribution >= 4 is 0 Å². The van der Waals surface area contributed by atoms with Gasteiger partial charge in [-0.05, 0) is 13.5 Å². The first-order valence-electron chi connectivity index (χ1n) is 4.47. The van der Waals surface area contributed by atoms with E-state index >= 15 is 0 Å². The van der Waals surface area contributed by atoms with Gasteiger partial charge in [0.2, 0.25) is 0 Å². The van der Waals surface area contributed by atoms with Crippen molar-refractivity contribution in [1.82, 2.24) is 10.2 Å². The van der Waals surface area contributed by atoms with Crippen LogP contribution in [0.2, 0.25) is 0 Å². The highest BCUT2D eigenvalue weighted by Gasteiger charge is 2.56. The number of nitrogens with zero attached hydrogens (tertiary/aromatic N) is 1. The van der Waals surface area contributed by atoms with Gasteiger partial charge in [0.15, 0.2) is 0 Å². The summed E-state index contributed by atoms with van der Waals surface area (Å²) in [5.74, 6) is 0. The van der Waals surface area contributed by atoms with E-state index in [1.54, 1.807) is 0 Å². The summed E-state index contributed by atoms with van der Waals surface area (Å²) >= 11 is 0. The van der Waals surface area contributed by atoms with E-state index in [9.17, 15) is 0 Å². The fourth-order valence-corrected chi connectivity index (χ4v) is 2.94. The number of rotatable bonds is 1. The molecule has 0 saturated carbocycles. The topological polar surface area (TPSA) is 24.5 Å². The third kappa shape index (κ3) is 0.643. The van der Waals surface area contributed by atoms with E-state index in [-0.39, 0.29) is 0 Å². The lowest BCUT2D eigenvalue weighted by atomic mass is 10.1. The number of likely N-dealkylation sites (N-methyl/N-ethyl adjacent to an activating group) is 1. The van der Waals surface area contributed by atoms with Crippen molar-refractivity contribution < 1.29 is 4.74 Å². The molecule has 0 aromatic carbocycles. The molecule has 0 aliphatic carbocycles. The Hall–Kier alpha value is -0.120. The van der Waals surface area contributed by atoms with Crippen LogP contribution in [-0.2, 0) is 4.74 Å². The molecule has 3 nitrogen and oxygen atoms in total. The van der Waals surface area contributed by atoms with Crippen molar-refractivity contribution in [3.63, 3.8) is 0 Å². The summed E-state index contributed by atoms with van der Waals surface area (Å²) in [7, 11) is 2.05. The second-order valence-corrected chi connectivity index (χ2v) is 3.80. The minimum Gasteiger partial charge on any atom is -0.370 e. The predicted molar refractivity (Wildman–Crippen MR) is 41.5 cm³/mol. The predicted octanol–water partition coefficient (Wildman–Crippen LogP) is -0.570. The molecular weight excluding hydrogens is 140 g/mol. The van der Waals surface area contributed by atoms with Gasteiger partial charge in [-0.15, -0.1) is 0 Å². The van der Waals surface area contributed by atoms with E-state index in [1.807, 2.05) is 7.05 Å². The zero-order valence-electron chi connectivity index (χ0n) is 6.79. The van der Waals surface area contributed by atoms with E-state index in [0.29, 0.717) is 24.3 Å². The van der Waals surface area contributed by atoms with Crippen LogP contribution in [0, 0.1) is 0 Å². The maximum atomic E-state index is 5.85. The summed E-state index contributed by atoms with van der Waals surface area (Å²) in [6.07, 6.45) is 2.28. The van der Waals surface area contributed by atoms with Crippen molar-refractivity contribution in [2.24, 2.45) is 0 Å². The highest BCUT2D eigenvalue weighted by Crippen LogP contribution is 2.39. The van der Waals surface area contributed by atoms with Crippen molar-refractivity contribution in [2.75, 3.05) is 20.1 Å². The first-order valence-corrected chi connectivity index (χ1v) is 4.47. The third-order valence-corrected chi connectivity index (χ3v) is 3.37. The van der Waals surface area contributed by atoms with Gasteiger partial charge in [-0.25, -0.2) is 0 Å². The molecular formula is C8H14N2O. The van der Waals surface area contributed by atoms with E-state index < -0.39 is 0 Å². The number of ether oxygens (including phenoxy) is 1. The van der Waals surface area contributed by atoms with Gasteiger partial charge in [0.25, 0.3) is 0 Å². The molecule has 0 unspecified atom stereocenters. The van der Waals surface area contributed by atoms with Crippen LogP contribution >= 0.6 is 0 Å². The fourth-order valence-electron chi connectivity index (χ4n) is 2.94. The molecule has 2 bridgehead atoms. The highest BCUT2D eigenvalue weighted by molar-refractivity contribution is 5.11. The average molecular weight is 154 g/mol. The summed E-state index contributed by atoms with van der Waals surface area (Å²) in [5.41, 5.74) is 0. The van der Waals surface area contributed by atoms with Gasteiger partial charge in [-0.1, -0.05) is 0 Å². The zero-order chi connectivity index (χ0) is 7.42. The van der Waals surface area contributed by atoms with Crippen LogP contribution in [0.25, 0.3) is 0 Å². The highest BCUT2D eigenvalue weighted by atomic mass is 16.5. The summed E-state index contributed by atoms with van der Waals surface area (Å²) < 4.78 is 5.85. The molecule has 62 valence electrons. The lowest BCUT2D eigenvalue weighted by Gasteiger charge is -2.21. The van der Waals surface area contributed by atoms with E-state index in [4.69, 9.17) is 4.74 Å². The van der Waals surface area contributed by atoms with Crippen LogP contribution in [0.4, 0.5) is 0 Å². The fraction of sp³-hybridized carbons (Fsp3) is 1.00. The Kier molecular flexibility index (Phi) is 1.15. The molecule has 3 saturated heterocycles. The van der Waals surface area contributed by atoms with Crippen LogP contribution in [0.1, 0.15) is 6.42 Å². The van der Waals surface area contributed by atoms with Gasteiger partial charge < -0.3 is 10.1 Å². The van der Waals surface area contributed by atoms with Crippen molar-refractivity contribution in [2.45, 2.75) is 30.7 Å². The summed E-state index contributed by atoms with van der Waals surface area (Å²) in [5, 5.41) is 3.36. The Bertz CT molecular complexity index is 171. The molecule has 11 heavy (non-hydrogen) atoms. The lowest BCUT2D eigenvalue weighted by Crippen LogP contribution is -2.40. The third-order valence-electron chi connectivity index (χ3n) is 3.37. The molecule has 0 aromatic rings. The van der Waals surface area contributed by atoms with Gasteiger partial charge in [-0.3, -0.25) is 4.90 Å². The van der Waals surface area contributed by atoms with Crippen LogP contribution in [0.5, 0.6) is 0 Å². The largest absolute Gasteiger partial charge is 0.370 e. The Labute approximate surface area is 66.7 Å². The molecule has 3 heterocycles. The van der Waals surface area contributed by atoms with Crippen LogP contribution < -0.4 is 5.32 Å². The Morgan fingerprint density at radius 2 is 2.36 bits per heavy atom. The van der Waals surface area contributed by atoms with Gasteiger partial charge in [0, 0.05) is 13.1 Å². The van der Waals surface area contributed by atoms with Crippen LogP contribution in [0.3, 0.4) is 0 Å². The molecule has 1 N–H and O–H groups in total. The smallest absolute Gasteiger partial charge is 0.0875 e. The first-order chi connectivity index (χ1) is 5.40. The molecule has 3 heteroatoms. The van der Waals surface area contributed by atoms with E-state index in [1.165, 1.54) is 13.0 Å². The molecule has 4 atom stereocenters. The van der Waals surface area contributed by atoms with Crippen LogP contribution in [0.15, 0.2) is 0 Å². The minimum absolute atomic E-state index is 0.484. The molecule has 0 spiro atoms. The van der Waals surface area contributed by atoms with Gasteiger partial charge in [0.05, 0.1) is 24.3 Å². The standard InChI is InChI=1S/C8H14N2O/c1-9-7-6-4-10-3-2-5(11-6)8(7)10/h5-9H,2-4H2,1H3/t5-,6+,7-,8-/m1/s1. The molecule has 0 aromatic heterocycles. The summed E-state index contributed by atoms with van der Waals surface area (Å²) in [6, 6.07) is 1.31. The monoisotopic (exact) mass is 154 g/mol. The Morgan fingerprint density at radius 3 is 3.00 bits per heavy atom. The summed E-state index contributed by atoms with van der Waals surface area (Å²) in [4.78, 5) is 2.57. The van der Waals surface area contributed by atoms with E-state index in [0.717, 1.165) is 6.54 Å².